The zero-order valence-electron chi connectivity index (χ0n) is 5.49. The van der Waals surface area contributed by atoms with Gasteiger partial charge in [-0.15, -0.1) is 0 Å². The maximum atomic E-state index is 10.3. The second-order valence-electron chi connectivity index (χ2n) is 2.40. The molecule has 1 aliphatic heterocycles. The van der Waals surface area contributed by atoms with Crippen LogP contribution in [0.4, 0.5) is 0 Å². The minimum atomic E-state index is -0.421. The van der Waals surface area contributed by atoms with E-state index in [1.54, 1.807) is 0 Å². The Morgan fingerprint density at radius 1 is 1.70 bits per heavy atom. The van der Waals surface area contributed by atoms with E-state index in [4.69, 9.17) is 21.9 Å². The SMILES string of the molecule is NC(=O)C[C@H](N)C1OC1N. The largest absolute Gasteiger partial charge is 0.370 e. The third-order valence-corrected chi connectivity index (χ3v) is 1.42. The first-order chi connectivity index (χ1) is 4.61. The van der Waals surface area contributed by atoms with Gasteiger partial charge in [-0.05, 0) is 0 Å². The molecule has 58 valence electrons. The zero-order chi connectivity index (χ0) is 7.72. The van der Waals surface area contributed by atoms with E-state index < -0.39 is 5.91 Å². The summed E-state index contributed by atoms with van der Waals surface area (Å²) < 4.78 is 4.82. The molecule has 0 spiro atoms. The van der Waals surface area contributed by atoms with Crippen LogP contribution in [0, 0.1) is 0 Å². The van der Waals surface area contributed by atoms with Crippen molar-refractivity contribution in [2.75, 3.05) is 0 Å². The molecule has 1 rings (SSSR count). The summed E-state index contributed by atoms with van der Waals surface area (Å²) in [5.41, 5.74) is 15.6. The minimum absolute atomic E-state index is 0.137. The lowest BCUT2D eigenvalue weighted by atomic mass is 10.1. The monoisotopic (exact) mass is 145 g/mol. The smallest absolute Gasteiger partial charge is 0.219 e. The zero-order valence-corrected chi connectivity index (χ0v) is 5.49. The van der Waals surface area contributed by atoms with Crippen molar-refractivity contribution in [1.29, 1.82) is 0 Å². The number of carbonyl (C=O) groups is 1. The van der Waals surface area contributed by atoms with Gasteiger partial charge in [-0.1, -0.05) is 0 Å². The number of ether oxygens (including phenoxy) is 1. The second-order valence-corrected chi connectivity index (χ2v) is 2.40. The van der Waals surface area contributed by atoms with Crippen molar-refractivity contribution in [2.45, 2.75) is 24.8 Å². The van der Waals surface area contributed by atoms with Gasteiger partial charge in [0.05, 0.1) is 0 Å². The van der Waals surface area contributed by atoms with E-state index in [0.29, 0.717) is 0 Å². The van der Waals surface area contributed by atoms with Gasteiger partial charge < -0.3 is 21.9 Å². The highest BCUT2D eigenvalue weighted by Gasteiger charge is 2.40. The van der Waals surface area contributed by atoms with Gasteiger partial charge in [0.25, 0.3) is 0 Å². The molecular weight excluding hydrogens is 134 g/mol. The van der Waals surface area contributed by atoms with E-state index in [9.17, 15) is 4.79 Å². The predicted octanol–water partition coefficient (Wildman–Crippen LogP) is -2.13. The van der Waals surface area contributed by atoms with E-state index in [2.05, 4.69) is 0 Å². The number of carbonyl (C=O) groups excluding carboxylic acids is 1. The van der Waals surface area contributed by atoms with Crippen LogP contribution in [0.15, 0.2) is 0 Å². The highest BCUT2D eigenvalue weighted by atomic mass is 16.6. The molecule has 0 aromatic heterocycles. The Hall–Kier alpha value is -0.650. The molecule has 0 aromatic rings. The lowest BCUT2D eigenvalue weighted by Crippen LogP contribution is -2.34. The van der Waals surface area contributed by atoms with Crippen LogP contribution in [0.3, 0.4) is 0 Å². The Labute approximate surface area is 58.5 Å². The van der Waals surface area contributed by atoms with Gasteiger partial charge in [0, 0.05) is 12.5 Å². The minimum Gasteiger partial charge on any atom is -0.370 e. The highest BCUT2D eigenvalue weighted by molar-refractivity contribution is 5.74. The molecule has 3 atom stereocenters. The summed E-state index contributed by atoms with van der Waals surface area (Å²) in [6, 6.07) is -0.340. The molecule has 0 aromatic carbocycles. The Bertz CT molecular complexity index is 150. The van der Waals surface area contributed by atoms with Gasteiger partial charge in [0.15, 0.2) is 0 Å². The van der Waals surface area contributed by atoms with Crippen molar-refractivity contribution in [3.05, 3.63) is 0 Å². The van der Waals surface area contributed by atoms with Crippen LogP contribution in [0.2, 0.25) is 0 Å². The Balaban J connectivity index is 2.22. The topological polar surface area (TPSA) is 108 Å². The molecule has 0 radical (unpaired) electrons. The molecule has 0 bridgehead atoms. The number of epoxide rings is 1. The molecule has 6 N–H and O–H groups in total. The fourth-order valence-electron chi connectivity index (χ4n) is 0.829. The van der Waals surface area contributed by atoms with Crippen LogP contribution >= 0.6 is 0 Å². The molecule has 1 fully saturated rings. The molecule has 1 aliphatic rings. The first kappa shape index (κ1) is 7.46. The maximum Gasteiger partial charge on any atom is 0.219 e. The summed E-state index contributed by atoms with van der Waals surface area (Å²) in [6.07, 6.45) is -0.333. The van der Waals surface area contributed by atoms with E-state index in [0.717, 1.165) is 0 Å². The molecule has 0 aliphatic carbocycles. The third kappa shape index (κ3) is 1.66. The fraction of sp³-hybridized carbons (Fsp3) is 0.800. The molecule has 1 saturated heterocycles. The second kappa shape index (κ2) is 2.53. The third-order valence-electron chi connectivity index (χ3n) is 1.42. The first-order valence-electron chi connectivity index (χ1n) is 3.06. The summed E-state index contributed by atoms with van der Waals surface area (Å²) in [6.45, 7) is 0. The number of rotatable bonds is 3. The molecule has 1 heterocycles. The quantitative estimate of drug-likeness (QED) is 0.394. The van der Waals surface area contributed by atoms with Gasteiger partial charge in [0.2, 0.25) is 5.91 Å². The molecule has 10 heavy (non-hydrogen) atoms. The number of hydrogen-bond acceptors (Lipinski definition) is 4. The summed E-state index contributed by atoms with van der Waals surface area (Å²) in [5, 5.41) is 0. The normalized spacial score (nSPS) is 33.4. The average Bonchev–Trinajstić information content (AvgIpc) is 2.44. The maximum absolute atomic E-state index is 10.3. The predicted molar refractivity (Wildman–Crippen MR) is 34.6 cm³/mol. The van der Waals surface area contributed by atoms with E-state index in [1.165, 1.54) is 0 Å². The first-order valence-corrected chi connectivity index (χ1v) is 3.06. The van der Waals surface area contributed by atoms with E-state index in [1.807, 2.05) is 0 Å². The van der Waals surface area contributed by atoms with Crippen molar-refractivity contribution in [1.82, 2.24) is 0 Å². The Morgan fingerprint density at radius 2 is 2.20 bits per heavy atom. The van der Waals surface area contributed by atoms with Gasteiger partial charge in [0.1, 0.15) is 12.3 Å². The van der Waals surface area contributed by atoms with E-state index >= 15 is 0 Å². The van der Waals surface area contributed by atoms with Crippen molar-refractivity contribution < 1.29 is 9.53 Å². The van der Waals surface area contributed by atoms with Gasteiger partial charge in [-0.2, -0.15) is 0 Å². The molecule has 1 amide bonds. The lowest BCUT2D eigenvalue weighted by molar-refractivity contribution is -0.118. The summed E-state index contributed by atoms with van der Waals surface area (Å²) in [5.74, 6) is -0.421. The van der Waals surface area contributed by atoms with Crippen molar-refractivity contribution in [3.8, 4) is 0 Å². The van der Waals surface area contributed by atoms with Crippen LogP contribution in [0.25, 0.3) is 0 Å². The molecule has 2 unspecified atom stereocenters. The van der Waals surface area contributed by atoms with Crippen molar-refractivity contribution in [3.63, 3.8) is 0 Å². The van der Waals surface area contributed by atoms with E-state index in [-0.39, 0.29) is 24.8 Å². The summed E-state index contributed by atoms with van der Waals surface area (Å²) in [7, 11) is 0. The Morgan fingerprint density at radius 3 is 2.50 bits per heavy atom. The number of hydrogen-bond donors (Lipinski definition) is 3. The Kier molecular flexibility index (Phi) is 1.89. The highest BCUT2D eigenvalue weighted by Crippen LogP contribution is 2.20. The fourth-order valence-corrected chi connectivity index (χ4v) is 0.829. The van der Waals surface area contributed by atoms with Crippen LogP contribution < -0.4 is 17.2 Å². The van der Waals surface area contributed by atoms with Crippen LogP contribution in [-0.4, -0.2) is 24.3 Å². The van der Waals surface area contributed by atoms with Gasteiger partial charge in [-0.3, -0.25) is 4.79 Å². The summed E-state index contributed by atoms with van der Waals surface area (Å²) in [4.78, 5) is 10.3. The van der Waals surface area contributed by atoms with Gasteiger partial charge >= 0.3 is 0 Å². The summed E-state index contributed by atoms with van der Waals surface area (Å²) >= 11 is 0. The molecule has 5 nitrogen and oxygen atoms in total. The van der Waals surface area contributed by atoms with Crippen LogP contribution in [0.1, 0.15) is 6.42 Å². The number of primary amides is 1. The molecule has 0 saturated carbocycles. The number of nitrogens with two attached hydrogens (primary N) is 3. The number of amides is 1. The lowest BCUT2D eigenvalue weighted by Gasteiger charge is -2.02. The van der Waals surface area contributed by atoms with Gasteiger partial charge in [-0.25, -0.2) is 0 Å². The molecule has 5 heteroatoms. The van der Waals surface area contributed by atoms with Crippen LogP contribution in [0.5, 0.6) is 0 Å². The van der Waals surface area contributed by atoms with Crippen molar-refractivity contribution >= 4 is 5.91 Å². The molecular formula is C5H11N3O2. The standard InChI is InChI=1S/C5H11N3O2/c6-2(1-3(7)9)4-5(8)10-4/h2,4-5H,1,6,8H2,(H2,7,9)/t2-,4?,5?/m0/s1. The van der Waals surface area contributed by atoms with Crippen molar-refractivity contribution in [2.24, 2.45) is 17.2 Å². The van der Waals surface area contributed by atoms with Crippen LogP contribution in [-0.2, 0) is 9.53 Å². The average molecular weight is 145 g/mol.